The number of fused-ring (bicyclic) bond motifs is 1. The second-order valence-electron chi connectivity index (χ2n) is 5.20. The number of ether oxygens (including phenoxy) is 1. The van der Waals surface area contributed by atoms with Gasteiger partial charge in [0, 0.05) is 41.4 Å². The standard InChI is InChI=1S/C17H18N2O3S2/c1-11-9-23-17(19-11)24-10-13-12-5-3-4-6-14(12)22-15(13)16(20)18-7-8-21-2/h3-6,9H,7-8,10H2,1-2H3,(H,18,20). The summed E-state index contributed by atoms with van der Waals surface area (Å²) in [6.07, 6.45) is 0. The molecule has 2 aromatic heterocycles. The van der Waals surface area contributed by atoms with Crippen molar-refractivity contribution in [3.8, 4) is 0 Å². The second-order valence-corrected chi connectivity index (χ2v) is 7.28. The van der Waals surface area contributed by atoms with Crippen molar-refractivity contribution < 1.29 is 13.9 Å². The molecule has 1 aromatic carbocycles. The predicted octanol–water partition coefficient (Wildman–Crippen LogP) is 3.87. The SMILES string of the molecule is COCCNC(=O)c1oc2ccccc2c1CSc1nc(C)cs1. The average Bonchev–Trinajstić information content (AvgIpc) is 3.16. The van der Waals surface area contributed by atoms with Crippen molar-refractivity contribution in [1.82, 2.24) is 10.3 Å². The van der Waals surface area contributed by atoms with Gasteiger partial charge in [-0.2, -0.15) is 0 Å². The van der Waals surface area contributed by atoms with Crippen molar-refractivity contribution in [2.45, 2.75) is 17.0 Å². The Labute approximate surface area is 148 Å². The van der Waals surface area contributed by atoms with Crippen molar-refractivity contribution >= 4 is 40.0 Å². The Morgan fingerprint density at radius 3 is 3.00 bits per heavy atom. The molecule has 0 aliphatic rings. The van der Waals surface area contributed by atoms with Crippen LogP contribution in [0.5, 0.6) is 0 Å². The Morgan fingerprint density at radius 2 is 2.25 bits per heavy atom. The molecule has 0 bridgehead atoms. The molecular formula is C17H18N2O3S2. The Morgan fingerprint density at radius 1 is 1.42 bits per heavy atom. The molecule has 1 N–H and O–H groups in total. The van der Waals surface area contributed by atoms with E-state index in [2.05, 4.69) is 10.3 Å². The maximum atomic E-state index is 12.4. The third-order valence-electron chi connectivity index (χ3n) is 3.43. The smallest absolute Gasteiger partial charge is 0.287 e. The van der Waals surface area contributed by atoms with E-state index in [-0.39, 0.29) is 5.91 Å². The summed E-state index contributed by atoms with van der Waals surface area (Å²) in [5, 5.41) is 5.81. The van der Waals surface area contributed by atoms with E-state index in [0.717, 1.165) is 26.6 Å². The molecule has 0 unspecified atom stereocenters. The molecule has 0 saturated carbocycles. The summed E-state index contributed by atoms with van der Waals surface area (Å²) in [5.74, 6) is 0.791. The number of aromatic nitrogens is 1. The molecular weight excluding hydrogens is 344 g/mol. The van der Waals surface area contributed by atoms with Gasteiger partial charge in [-0.25, -0.2) is 4.98 Å². The normalized spacial score (nSPS) is 11.1. The first-order chi connectivity index (χ1) is 11.7. The van der Waals surface area contributed by atoms with Crippen LogP contribution in [0, 0.1) is 6.92 Å². The summed E-state index contributed by atoms with van der Waals surface area (Å²) in [4.78, 5) is 16.9. The number of carbonyl (C=O) groups excluding carboxylic acids is 1. The zero-order chi connectivity index (χ0) is 16.9. The molecule has 0 spiro atoms. The number of hydrogen-bond donors (Lipinski definition) is 1. The molecule has 0 aliphatic carbocycles. The van der Waals surface area contributed by atoms with Crippen LogP contribution in [-0.2, 0) is 10.5 Å². The molecule has 1 amide bonds. The van der Waals surface area contributed by atoms with Gasteiger partial charge in [0.25, 0.3) is 5.91 Å². The number of amides is 1. The fourth-order valence-electron chi connectivity index (χ4n) is 2.30. The van der Waals surface area contributed by atoms with Crippen LogP contribution >= 0.6 is 23.1 Å². The minimum atomic E-state index is -0.214. The number of aryl methyl sites for hydroxylation is 1. The lowest BCUT2D eigenvalue weighted by Crippen LogP contribution is -2.27. The fourth-order valence-corrected chi connectivity index (χ4v) is 4.18. The lowest BCUT2D eigenvalue weighted by molar-refractivity contribution is 0.0910. The molecule has 3 rings (SSSR count). The Bertz CT molecular complexity index is 841. The Hall–Kier alpha value is -1.83. The van der Waals surface area contributed by atoms with E-state index in [1.165, 1.54) is 0 Å². The van der Waals surface area contributed by atoms with Crippen LogP contribution in [0.3, 0.4) is 0 Å². The van der Waals surface area contributed by atoms with E-state index in [9.17, 15) is 4.79 Å². The molecule has 5 nitrogen and oxygen atoms in total. The van der Waals surface area contributed by atoms with Crippen LogP contribution < -0.4 is 5.32 Å². The molecule has 0 aliphatic heterocycles. The quantitative estimate of drug-likeness (QED) is 0.511. The largest absolute Gasteiger partial charge is 0.451 e. The van der Waals surface area contributed by atoms with E-state index in [4.69, 9.17) is 9.15 Å². The molecule has 24 heavy (non-hydrogen) atoms. The summed E-state index contributed by atoms with van der Waals surface area (Å²) in [6.45, 7) is 2.89. The lowest BCUT2D eigenvalue weighted by atomic mass is 10.1. The van der Waals surface area contributed by atoms with Gasteiger partial charge in [-0.3, -0.25) is 4.79 Å². The second kappa shape index (κ2) is 7.83. The van der Waals surface area contributed by atoms with Crippen molar-refractivity contribution in [3.63, 3.8) is 0 Å². The van der Waals surface area contributed by atoms with Crippen molar-refractivity contribution in [2.75, 3.05) is 20.3 Å². The number of carbonyl (C=O) groups is 1. The minimum Gasteiger partial charge on any atom is -0.451 e. The molecule has 0 saturated heterocycles. The fraction of sp³-hybridized carbons (Fsp3) is 0.294. The first kappa shape index (κ1) is 17.0. The van der Waals surface area contributed by atoms with Gasteiger partial charge in [0.15, 0.2) is 5.76 Å². The number of rotatable bonds is 7. The predicted molar refractivity (Wildman–Crippen MR) is 96.8 cm³/mol. The molecule has 0 fully saturated rings. The highest BCUT2D eigenvalue weighted by Crippen LogP contribution is 2.33. The third kappa shape index (κ3) is 3.80. The van der Waals surface area contributed by atoms with Gasteiger partial charge in [-0.05, 0) is 13.0 Å². The summed E-state index contributed by atoms with van der Waals surface area (Å²) >= 11 is 3.23. The summed E-state index contributed by atoms with van der Waals surface area (Å²) in [5.41, 5.74) is 2.63. The van der Waals surface area contributed by atoms with E-state index < -0.39 is 0 Å². The molecule has 0 atom stereocenters. The highest BCUT2D eigenvalue weighted by molar-refractivity contribution is 8.00. The first-order valence-electron chi connectivity index (χ1n) is 7.51. The summed E-state index contributed by atoms with van der Waals surface area (Å²) in [7, 11) is 1.60. The molecule has 3 aromatic rings. The summed E-state index contributed by atoms with van der Waals surface area (Å²) < 4.78 is 11.8. The van der Waals surface area contributed by atoms with Crippen LogP contribution in [0.25, 0.3) is 11.0 Å². The van der Waals surface area contributed by atoms with E-state index in [0.29, 0.717) is 24.7 Å². The van der Waals surface area contributed by atoms with Gasteiger partial charge in [-0.15, -0.1) is 11.3 Å². The number of para-hydroxylation sites is 1. The first-order valence-corrected chi connectivity index (χ1v) is 9.38. The molecule has 0 radical (unpaired) electrons. The van der Waals surface area contributed by atoms with Gasteiger partial charge in [0.2, 0.25) is 0 Å². The van der Waals surface area contributed by atoms with Crippen LogP contribution in [0.2, 0.25) is 0 Å². The average molecular weight is 362 g/mol. The Kier molecular flexibility index (Phi) is 5.55. The zero-order valence-electron chi connectivity index (χ0n) is 13.5. The van der Waals surface area contributed by atoms with E-state index in [1.54, 1.807) is 30.2 Å². The maximum absolute atomic E-state index is 12.4. The highest BCUT2D eigenvalue weighted by Gasteiger charge is 2.20. The minimum absolute atomic E-state index is 0.214. The van der Waals surface area contributed by atoms with Crippen LogP contribution in [0.15, 0.2) is 38.4 Å². The number of hydrogen-bond acceptors (Lipinski definition) is 6. The van der Waals surface area contributed by atoms with Gasteiger partial charge in [-0.1, -0.05) is 30.0 Å². The molecule has 2 heterocycles. The van der Waals surface area contributed by atoms with Gasteiger partial charge < -0.3 is 14.5 Å². The number of nitrogens with one attached hydrogen (secondary N) is 1. The number of furan rings is 1. The number of nitrogens with zero attached hydrogens (tertiary/aromatic N) is 1. The van der Waals surface area contributed by atoms with Crippen molar-refractivity contribution in [1.29, 1.82) is 0 Å². The van der Waals surface area contributed by atoms with E-state index >= 15 is 0 Å². The number of methoxy groups -OCH3 is 1. The highest BCUT2D eigenvalue weighted by atomic mass is 32.2. The monoisotopic (exact) mass is 362 g/mol. The lowest BCUT2D eigenvalue weighted by Gasteiger charge is -2.04. The zero-order valence-corrected chi connectivity index (χ0v) is 15.1. The number of thioether (sulfide) groups is 1. The Balaban J connectivity index is 1.85. The molecule has 126 valence electrons. The van der Waals surface area contributed by atoms with Gasteiger partial charge in [0.1, 0.15) is 9.92 Å². The van der Waals surface area contributed by atoms with Crippen molar-refractivity contribution in [2.24, 2.45) is 0 Å². The van der Waals surface area contributed by atoms with Crippen molar-refractivity contribution in [3.05, 3.63) is 46.7 Å². The number of thiazole rings is 1. The molecule has 7 heteroatoms. The summed E-state index contributed by atoms with van der Waals surface area (Å²) in [6, 6.07) is 7.71. The maximum Gasteiger partial charge on any atom is 0.287 e. The third-order valence-corrected chi connectivity index (χ3v) is 5.60. The van der Waals surface area contributed by atoms with Crippen LogP contribution in [0.4, 0.5) is 0 Å². The number of benzene rings is 1. The van der Waals surface area contributed by atoms with E-state index in [1.807, 2.05) is 36.6 Å². The van der Waals surface area contributed by atoms with Gasteiger partial charge in [0.05, 0.1) is 6.61 Å². The van der Waals surface area contributed by atoms with Gasteiger partial charge >= 0.3 is 0 Å². The topological polar surface area (TPSA) is 64.4 Å². The van der Waals surface area contributed by atoms with Crippen LogP contribution in [0.1, 0.15) is 21.8 Å². The van der Waals surface area contributed by atoms with Crippen LogP contribution in [-0.4, -0.2) is 31.2 Å².